The minimum atomic E-state index is -0.233. The largest absolute Gasteiger partial charge is 0.345 e. The SMILES string of the molecule is CC(=O)Nc1cccc(C(C)NC(=O)c2cc(-c3cccs3)nc3ccccc23)c1. The fourth-order valence-corrected chi connectivity index (χ4v) is 4.05. The van der Waals surface area contributed by atoms with E-state index in [9.17, 15) is 9.59 Å². The van der Waals surface area contributed by atoms with Crippen molar-refractivity contribution in [3.8, 4) is 10.6 Å². The number of hydrogen-bond donors (Lipinski definition) is 2. The summed E-state index contributed by atoms with van der Waals surface area (Å²) in [6.45, 7) is 3.39. The Morgan fingerprint density at radius 3 is 2.60 bits per heavy atom. The van der Waals surface area contributed by atoms with Crippen molar-refractivity contribution in [1.29, 1.82) is 0 Å². The van der Waals surface area contributed by atoms with Gasteiger partial charge in [-0.05, 0) is 48.2 Å². The number of carbonyl (C=O) groups excluding carboxylic acids is 2. The van der Waals surface area contributed by atoms with Gasteiger partial charge in [0.05, 0.1) is 27.7 Å². The highest BCUT2D eigenvalue weighted by molar-refractivity contribution is 7.13. The molecule has 0 fully saturated rings. The lowest BCUT2D eigenvalue weighted by Crippen LogP contribution is -2.27. The molecule has 150 valence electrons. The number of para-hydroxylation sites is 1. The third kappa shape index (κ3) is 4.23. The summed E-state index contributed by atoms with van der Waals surface area (Å²) in [7, 11) is 0. The molecule has 2 N–H and O–H groups in total. The van der Waals surface area contributed by atoms with E-state index in [4.69, 9.17) is 4.98 Å². The predicted octanol–water partition coefficient (Wildman–Crippen LogP) is 5.41. The maximum Gasteiger partial charge on any atom is 0.252 e. The summed E-state index contributed by atoms with van der Waals surface area (Å²) in [5.41, 5.74) is 3.78. The second kappa shape index (κ2) is 8.47. The average Bonchev–Trinajstić information content (AvgIpc) is 3.27. The van der Waals surface area contributed by atoms with Crippen LogP contribution in [0.5, 0.6) is 0 Å². The van der Waals surface area contributed by atoms with Crippen LogP contribution in [0.25, 0.3) is 21.5 Å². The van der Waals surface area contributed by atoms with E-state index in [1.54, 1.807) is 11.3 Å². The van der Waals surface area contributed by atoms with Crippen molar-refractivity contribution in [2.75, 3.05) is 5.32 Å². The Morgan fingerprint density at radius 1 is 1.00 bits per heavy atom. The molecule has 2 aromatic carbocycles. The fraction of sp³-hybridized carbons (Fsp3) is 0.125. The van der Waals surface area contributed by atoms with Crippen molar-refractivity contribution >= 4 is 39.7 Å². The topological polar surface area (TPSA) is 71.1 Å². The normalized spacial score (nSPS) is 11.8. The van der Waals surface area contributed by atoms with E-state index in [0.717, 1.165) is 27.0 Å². The first kappa shape index (κ1) is 19.8. The predicted molar refractivity (Wildman–Crippen MR) is 122 cm³/mol. The Bertz CT molecular complexity index is 1220. The maximum atomic E-state index is 13.2. The number of pyridine rings is 1. The van der Waals surface area contributed by atoms with Crippen molar-refractivity contribution < 1.29 is 9.59 Å². The zero-order valence-corrected chi connectivity index (χ0v) is 17.5. The summed E-state index contributed by atoms with van der Waals surface area (Å²) in [4.78, 5) is 30.3. The molecule has 0 radical (unpaired) electrons. The summed E-state index contributed by atoms with van der Waals surface area (Å²) < 4.78 is 0. The number of thiophene rings is 1. The lowest BCUT2D eigenvalue weighted by atomic mass is 10.0. The average molecular weight is 416 g/mol. The molecule has 6 heteroatoms. The zero-order chi connectivity index (χ0) is 21.1. The molecular weight excluding hydrogens is 394 g/mol. The molecule has 0 saturated carbocycles. The van der Waals surface area contributed by atoms with Gasteiger partial charge >= 0.3 is 0 Å². The van der Waals surface area contributed by atoms with Crippen LogP contribution in [0, 0.1) is 0 Å². The number of aromatic nitrogens is 1. The number of nitrogens with one attached hydrogen (secondary N) is 2. The Hall–Kier alpha value is -3.51. The second-order valence-electron chi connectivity index (χ2n) is 7.05. The van der Waals surface area contributed by atoms with Gasteiger partial charge in [0.2, 0.25) is 5.91 Å². The highest BCUT2D eigenvalue weighted by atomic mass is 32.1. The molecule has 4 aromatic rings. The molecule has 0 aliphatic carbocycles. The molecule has 0 bridgehead atoms. The van der Waals surface area contributed by atoms with Gasteiger partial charge in [-0.2, -0.15) is 0 Å². The molecule has 0 aliphatic rings. The molecule has 1 atom stereocenters. The second-order valence-corrected chi connectivity index (χ2v) is 8.00. The summed E-state index contributed by atoms with van der Waals surface area (Å²) in [5, 5.41) is 8.67. The van der Waals surface area contributed by atoms with E-state index in [1.807, 2.05) is 79.0 Å². The highest BCUT2D eigenvalue weighted by Gasteiger charge is 2.17. The number of amides is 2. The highest BCUT2D eigenvalue weighted by Crippen LogP contribution is 2.28. The van der Waals surface area contributed by atoms with Crippen LogP contribution in [0.3, 0.4) is 0 Å². The molecule has 2 heterocycles. The van der Waals surface area contributed by atoms with E-state index in [0.29, 0.717) is 11.3 Å². The fourth-order valence-electron chi connectivity index (χ4n) is 3.36. The standard InChI is InChI=1S/C24H21N3O2S/c1-15(17-7-5-8-18(13-17)26-16(2)28)25-24(29)20-14-22(23-11-6-12-30-23)27-21-10-4-3-9-19(20)21/h3-15H,1-2H3,(H,25,29)(H,26,28). The van der Waals surface area contributed by atoms with Crippen LogP contribution in [0.4, 0.5) is 5.69 Å². The molecule has 30 heavy (non-hydrogen) atoms. The van der Waals surface area contributed by atoms with Gasteiger partial charge in [-0.3, -0.25) is 9.59 Å². The molecule has 1 unspecified atom stereocenters. The van der Waals surface area contributed by atoms with Crippen LogP contribution in [-0.2, 0) is 4.79 Å². The van der Waals surface area contributed by atoms with Gasteiger partial charge in [0.25, 0.3) is 5.91 Å². The quantitative estimate of drug-likeness (QED) is 0.458. The molecule has 4 rings (SSSR count). The van der Waals surface area contributed by atoms with E-state index in [2.05, 4.69) is 10.6 Å². The van der Waals surface area contributed by atoms with Crippen molar-refractivity contribution in [2.24, 2.45) is 0 Å². The lowest BCUT2D eigenvalue weighted by Gasteiger charge is -2.17. The van der Waals surface area contributed by atoms with Gasteiger partial charge in [-0.25, -0.2) is 4.98 Å². The molecule has 0 aliphatic heterocycles. The molecule has 0 saturated heterocycles. The number of nitrogens with zero attached hydrogens (tertiary/aromatic N) is 1. The molecule has 5 nitrogen and oxygen atoms in total. The minimum absolute atomic E-state index is 0.131. The van der Waals surface area contributed by atoms with Crippen LogP contribution in [0.2, 0.25) is 0 Å². The third-order valence-corrected chi connectivity index (χ3v) is 5.68. The maximum absolute atomic E-state index is 13.2. The number of anilines is 1. The van der Waals surface area contributed by atoms with Crippen molar-refractivity contribution in [1.82, 2.24) is 10.3 Å². The first-order valence-electron chi connectivity index (χ1n) is 9.63. The smallest absolute Gasteiger partial charge is 0.252 e. The Morgan fingerprint density at radius 2 is 1.83 bits per heavy atom. The van der Waals surface area contributed by atoms with Crippen molar-refractivity contribution in [3.05, 3.63) is 83.2 Å². The Labute approximate surface area is 178 Å². The van der Waals surface area contributed by atoms with Crippen LogP contribution in [0.15, 0.2) is 72.1 Å². The summed E-state index contributed by atoms with van der Waals surface area (Å²) in [5.74, 6) is -0.294. The van der Waals surface area contributed by atoms with E-state index in [1.165, 1.54) is 6.92 Å². The number of benzene rings is 2. The first-order chi connectivity index (χ1) is 14.5. The molecule has 2 amide bonds. The van der Waals surface area contributed by atoms with Crippen LogP contribution < -0.4 is 10.6 Å². The van der Waals surface area contributed by atoms with Gasteiger partial charge in [0.1, 0.15) is 0 Å². The lowest BCUT2D eigenvalue weighted by molar-refractivity contribution is -0.114. The summed E-state index contributed by atoms with van der Waals surface area (Å²) in [6, 6.07) is 20.7. The zero-order valence-electron chi connectivity index (χ0n) is 16.7. The minimum Gasteiger partial charge on any atom is -0.345 e. The Balaban J connectivity index is 1.65. The van der Waals surface area contributed by atoms with Crippen LogP contribution in [0.1, 0.15) is 35.8 Å². The monoisotopic (exact) mass is 415 g/mol. The molecular formula is C24H21N3O2S. The third-order valence-electron chi connectivity index (χ3n) is 4.79. The number of carbonyl (C=O) groups is 2. The van der Waals surface area contributed by atoms with Crippen LogP contribution >= 0.6 is 11.3 Å². The summed E-state index contributed by atoms with van der Waals surface area (Å²) in [6.07, 6.45) is 0. The van der Waals surface area contributed by atoms with Gasteiger partial charge in [-0.15, -0.1) is 11.3 Å². The van der Waals surface area contributed by atoms with E-state index in [-0.39, 0.29) is 17.9 Å². The number of rotatable bonds is 5. The molecule has 0 spiro atoms. The van der Waals surface area contributed by atoms with Crippen molar-refractivity contribution in [3.63, 3.8) is 0 Å². The van der Waals surface area contributed by atoms with Crippen LogP contribution in [-0.4, -0.2) is 16.8 Å². The van der Waals surface area contributed by atoms with Gasteiger partial charge in [0.15, 0.2) is 0 Å². The van der Waals surface area contributed by atoms with E-state index >= 15 is 0 Å². The van der Waals surface area contributed by atoms with Crippen molar-refractivity contribution in [2.45, 2.75) is 19.9 Å². The number of fused-ring (bicyclic) bond motifs is 1. The number of hydrogen-bond acceptors (Lipinski definition) is 4. The van der Waals surface area contributed by atoms with Gasteiger partial charge in [0, 0.05) is 18.0 Å². The van der Waals surface area contributed by atoms with Gasteiger partial charge < -0.3 is 10.6 Å². The summed E-state index contributed by atoms with van der Waals surface area (Å²) >= 11 is 1.59. The molecule has 2 aromatic heterocycles. The first-order valence-corrected chi connectivity index (χ1v) is 10.5. The van der Waals surface area contributed by atoms with Gasteiger partial charge in [-0.1, -0.05) is 36.4 Å². The Kier molecular flexibility index (Phi) is 5.59. The van der Waals surface area contributed by atoms with E-state index < -0.39 is 0 Å².